The van der Waals surface area contributed by atoms with Crippen LogP contribution in [0.2, 0.25) is 0 Å². The molecule has 26 heavy (non-hydrogen) atoms. The molecule has 0 radical (unpaired) electrons. The number of halogens is 1. The fourth-order valence-corrected chi connectivity index (χ4v) is 2.74. The second-order valence-electron chi connectivity index (χ2n) is 6.62. The Balaban J connectivity index is 0.00000338. The molecule has 1 heterocycles. The standard InChI is InChI=1S/C19H30N4O2.HI/c1-5-6-11-20-19(21-12-18(24)23(3)4)22-14(2)16-13-25-17-10-8-7-9-15(16)17;/h7-10,14,16H,5-6,11-13H2,1-4H3,(H2,20,21,22);1H. The first-order chi connectivity index (χ1) is 12.0. The summed E-state index contributed by atoms with van der Waals surface area (Å²) < 4.78 is 5.78. The van der Waals surface area contributed by atoms with Crippen LogP contribution < -0.4 is 15.4 Å². The molecule has 0 saturated carbocycles. The largest absolute Gasteiger partial charge is 0.493 e. The molecule has 6 nitrogen and oxygen atoms in total. The molecule has 2 rings (SSSR count). The van der Waals surface area contributed by atoms with Crippen LogP contribution in [0.1, 0.15) is 38.2 Å². The molecule has 2 unspecified atom stereocenters. The van der Waals surface area contributed by atoms with Crippen molar-refractivity contribution in [3.63, 3.8) is 0 Å². The smallest absolute Gasteiger partial charge is 0.243 e. The minimum absolute atomic E-state index is 0. The number of guanidine groups is 1. The maximum absolute atomic E-state index is 11.8. The third-order valence-corrected chi connectivity index (χ3v) is 4.40. The maximum atomic E-state index is 11.8. The van der Waals surface area contributed by atoms with E-state index >= 15 is 0 Å². The van der Waals surface area contributed by atoms with Crippen molar-refractivity contribution >= 4 is 35.8 Å². The number of aliphatic imine (C=N–C) groups is 1. The summed E-state index contributed by atoms with van der Waals surface area (Å²) in [7, 11) is 3.48. The number of carbonyl (C=O) groups excluding carboxylic acids is 1. The summed E-state index contributed by atoms with van der Waals surface area (Å²) in [4.78, 5) is 17.8. The molecule has 1 amide bonds. The minimum Gasteiger partial charge on any atom is -0.493 e. The summed E-state index contributed by atoms with van der Waals surface area (Å²) in [5, 5.41) is 6.76. The van der Waals surface area contributed by atoms with Gasteiger partial charge in [0.1, 0.15) is 12.3 Å². The number of hydrogen-bond acceptors (Lipinski definition) is 3. The van der Waals surface area contributed by atoms with E-state index in [0.29, 0.717) is 12.6 Å². The summed E-state index contributed by atoms with van der Waals surface area (Å²) in [6.07, 6.45) is 2.17. The van der Waals surface area contributed by atoms with Crippen molar-refractivity contribution in [2.75, 3.05) is 33.8 Å². The van der Waals surface area contributed by atoms with Crippen LogP contribution in [0.4, 0.5) is 0 Å². The molecular formula is C19H31IN4O2. The fourth-order valence-electron chi connectivity index (χ4n) is 2.74. The number of hydrogen-bond donors (Lipinski definition) is 2. The van der Waals surface area contributed by atoms with E-state index < -0.39 is 0 Å². The zero-order chi connectivity index (χ0) is 18.2. The summed E-state index contributed by atoms with van der Waals surface area (Å²) >= 11 is 0. The molecule has 0 bridgehead atoms. The molecule has 0 fully saturated rings. The van der Waals surface area contributed by atoms with Gasteiger partial charge >= 0.3 is 0 Å². The SMILES string of the molecule is CCCCNC(=NCC(=O)N(C)C)NC(C)C1COc2ccccc21.I. The number of ether oxygens (including phenoxy) is 1. The molecule has 0 saturated heterocycles. The average molecular weight is 474 g/mol. The van der Waals surface area contributed by atoms with Gasteiger partial charge in [0.15, 0.2) is 5.96 Å². The van der Waals surface area contributed by atoms with Crippen LogP contribution in [0, 0.1) is 0 Å². The lowest BCUT2D eigenvalue weighted by Crippen LogP contribution is -2.45. The molecule has 1 aliphatic heterocycles. The number of carbonyl (C=O) groups is 1. The average Bonchev–Trinajstić information content (AvgIpc) is 3.03. The van der Waals surface area contributed by atoms with E-state index in [4.69, 9.17) is 4.74 Å². The Kier molecular flexibility index (Phi) is 9.75. The zero-order valence-electron chi connectivity index (χ0n) is 16.1. The molecule has 2 N–H and O–H groups in total. The molecule has 0 aromatic heterocycles. The van der Waals surface area contributed by atoms with Crippen LogP contribution in [-0.4, -0.2) is 56.6 Å². The Morgan fingerprint density at radius 3 is 2.81 bits per heavy atom. The van der Waals surface area contributed by atoms with Crippen molar-refractivity contribution in [2.45, 2.75) is 38.6 Å². The number of benzene rings is 1. The highest BCUT2D eigenvalue weighted by Crippen LogP contribution is 2.35. The van der Waals surface area contributed by atoms with Crippen molar-refractivity contribution in [1.29, 1.82) is 0 Å². The molecule has 7 heteroatoms. The highest BCUT2D eigenvalue weighted by atomic mass is 127. The van der Waals surface area contributed by atoms with Crippen LogP contribution in [0.3, 0.4) is 0 Å². The van der Waals surface area contributed by atoms with Gasteiger partial charge in [-0.05, 0) is 19.4 Å². The monoisotopic (exact) mass is 474 g/mol. The Morgan fingerprint density at radius 2 is 2.12 bits per heavy atom. The summed E-state index contributed by atoms with van der Waals surface area (Å²) in [5.74, 6) is 1.89. The second-order valence-corrected chi connectivity index (χ2v) is 6.62. The van der Waals surface area contributed by atoms with Gasteiger partial charge in [-0.25, -0.2) is 4.99 Å². The number of unbranched alkanes of at least 4 members (excludes halogenated alkanes) is 1. The van der Waals surface area contributed by atoms with Gasteiger partial charge < -0.3 is 20.3 Å². The molecule has 1 aromatic carbocycles. The van der Waals surface area contributed by atoms with Gasteiger partial charge in [-0.1, -0.05) is 31.5 Å². The molecule has 2 atom stereocenters. The van der Waals surface area contributed by atoms with Crippen molar-refractivity contribution < 1.29 is 9.53 Å². The first kappa shape index (κ1) is 22.5. The van der Waals surface area contributed by atoms with E-state index in [1.54, 1.807) is 19.0 Å². The van der Waals surface area contributed by atoms with E-state index in [2.05, 4.69) is 35.5 Å². The minimum atomic E-state index is -0.0150. The number of likely N-dealkylation sites (N-methyl/N-ethyl adjacent to an activating group) is 1. The van der Waals surface area contributed by atoms with Crippen LogP contribution in [0.25, 0.3) is 0 Å². The molecule has 0 spiro atoms. The summed E-state index contributed by atoms with van der Waals surface area (Å²) in [6.45, 7) is 5.91. The van der Waals surface area contributed by atoms with Crippen molar-refractivity contribution in [3.05, 3.63) is 29.8 Å². The van der Waals surface area contributed by atoms with Gasteiger partial charge in [0.25, 0.3) is 0 Å². The van der Waals surface area contributed by atoms with Crippen molar-refractivity contribution in [3.8, 4) is 5.75 Å². The van der Waals surface area contributed by atoms with E-state index in [9.17, 15) is 4.79 Å². The topological polar surface area (TPSA) is 66.0 Å². The van der Waals surface area contributed by atoms with Gasteiger partial charge in [0, 0.05) is 38.2 Å². The Bertz CT molecular complexity index is 607. The lowest BCUT2D eigenvalue weighted by molar-refractivity contribution is -0.127. The third-order valence-electron chi connectivity index (χ3n) is 4.40. The summed E-state index contributed by atoms with van der Waals surface area (Å²) in [6, 6.07) is 8.29. The van der Waals surface area contributed by atoms with E-state index in [1.165, 1.54) is 5.56 Å². The predicted molar refractivity (Wildman–Crippen MR) is 117 cm³/mol. The highest BCUT2D eigenvalue weighted by molar-refractivity contribution is 14.0. The highest BCUT2D eigenvalue weighted by Gasteiger charge is 2.29. The fraction of sp³-hybridized carbons (Fsp3) is 0.579. The molecule has 1 aromatic rings. The number of nitrogens with zero attached hydrogens (tertiary/aromatic N) is 2. The first-order valence-electron chi connectivity index (χ1n) is 8.99. The quantitative estimate of drug-likeness (QED) is 0.276. The van der Waals surface area contributed by atoms with Gasteiger partial charge in [0.2, 0.25) is 5.91 Å². The Morgan fingerprint density at radius 1 is 1.38 bits per heavy atom. The second kappa shape index (κ2) is 11.3. The van der Waals surface area contributed by atoms with Gasteiger partial charge in [-0.3, -0.25) is 4.79 Å². The maximum Gasteiger partial charge on any atom is 0.243 e. The molecular weight excluding hydrogens is 443 g/mol. The third kappa shape index (κ3) is 6.34. The number of nitrogens with one attached hydrogen (secondary N) is 2. The normalized spacial score (nSPS) is 16.8. The number of amides is 1. The van der Waals surface area contributed by atoms with E-state index in [-0.39, 0.29) is 48.4 Å². The van der Waals surface area contributed by atoms with E-state index in [0.717, 1.165) is 25.1 Å². The van der Waals surface area contributed by atoms with Crippen LogP contribution >= 0.6 is 24.0 Å². The number of rotatable bonds is 7. The van der Waals surface area contributed by atoms with Gasteiger partial charge in [-0.2, -0.15) is 0 Å². The predicted octanol–water partition coefficient (Wildman–Crippen LogP) is 2.59. The Hall–Kier alpha value is -1.51. The van der Waals surface area contributed by atoms with Crippen molar-refractivity contribution in [2.24, 2.45) is 4.99 Å². The molecule has 146 valence electrons. The lowest BCUT2D eigenvalue weighted by atomic mass is 9.94. The van der Waals surface area contributed by atoms with Gasteiger partial charge in [0.05, 0.1) is 6.61 Å². The number of para-hydroxylation sites is 1. The first-order valence-corrected chi connectivity index (χ1v) is 8.99. The molecule has 0 aliphatic carbocycles. The van der Waals surface area contributed by atoms with Crippen LogP contribution in [0.5, 0.6) is 5.75 Å². The van der Waals surface area contributed by atoms with Crippen LogP contribution in [-0.2, 0) is 4.79 Å². The van der Waals surface area contributed by atoms with Crippen LogP contribution in [0.15, 0.2) is 29.3 Å². The molecule has 1 aliphatic rings. The lowest BCUT2D eigenvalue weighted by Gasteiger charge is -2.23. The Labute approximate surface area is 173 Å². The zero-order valence-corrected chi connectivity index (χ0v) is 18.4. The summed E-state index contributed by atoms with van der Waals surface area (Å²) in [5.41, 5.74) is 1.22. The number of fused-ring (bicyclic) bond motifs is 1. The van der Waals surface area contributed by atoms with Crippen molar-refractivity contribution in [1.82, 2.24) is 15.5 Å². The van der Waals surface area contributed by atoms with E-state index in [1.807, 2.05) is 18.2 Å². The van der Waals surface area contributed by atoms with Gasteiger partial charge in [-0.15, -0.1) is 24.0 Å².